The molecule has 0 bridgehead atoms. The zero-order chi connectivity index (χ0) is 34.7. The van der Waals surface area contributed by atoms with Crippen molar-refractivity contribution in [1.29, 1.82) is 0 Å². The maximum absolute atomic E-state index is 12.8. The van der Waals surface area contributed by atoms with Crippen LogP contribution in [0.3, 0.4) is 0 Å². The van der Waals surface area contributed by atoms with Gasteiger partial charge in [-0.05, 0) is 91.1 Å². The van der Waals surface area contributed by atoms with E-state index in [1.807, 2.05) is 115 Å². The maximum Gasteiger partial charge on any atom is 0.254 e. The minimum atomic E-state index is 0.0756. The minimum Gasteiger partial charge on any atom is -0.381 e. The second kappa shape index (κ2) is 16.8. The van der Waals surface area contributed by atoms with E-state index in [0.717, 1.165) is 48.6 Å². The molecular weight excluding hydrogens is 620 g/mol. The summed E-state index contributed by atoms with van der Waals surface area (Å²) in [5.74, 6) is 0.181. The molecule has 0 aromatic heterocycles. The third kappa shape index (κ3) is 9.39. The molecule has 7 rings (SSSR count). The molecule has 5 aromatic carbocycles. The van der Waals surface area contributed by atoms with Crippen molar-refractivity contribution < 1.29 is 14.3 Å². The molecule has 0 saturated carbocycles. The predicted octanol–water partition coefficient (Wildman–Crippen LogP) is 8.05. The van der Waals surface area contributed by atoms with E-state index in [1.54, 1.807) is 0 Å². The number of anilines is 2. The summed E-state index contributed by atoms with van der Waals surface area (Å²) in [6, 6.07) is 44.4. The standard InChI is InChI=1S/C23H22N2O.C20H24N2O2/c26-23(25-15-14-19-8-4-5-9-21(19)17-25)20-10-12-22(13-11-20)24-16-18-6-2-1-3-7-18;1-15-13-22(14-16(2)24-15)20(23)18-8-10-19(11-9-18)21-12-17-6-4-3-5-7-17/h1-13,24H,14-17H2;3-11,15-16,21H,12-14H2,1-2H3. The number of nitrogens with zero attached hydrogens (tertiary/aromatic N) is 2. The van der Waals surface area contributed by atoms with Crippen LogP contribution < -0.4 is 10.6 Å². The topological polar surface area (TPSA) is 73.9 Å². The van der Waals surface area contributed by atoms with Crippen LogP contribution in [0.25, 0.3) is 0 Å². The molecule has 2 unspecified atom stereocenters. The van der Waals surface area contributed by atoms with Crippen LogP contribution >= 0.6 is 0 Å². The van der Waals surface area contributed by atoms with Crippen molar-refractivity contribution in [3.63, 3.8) is 0 Å². The van der Waals surface area contributed by atoms with Crippen LogP contribution in [0.15, 0.2) is 133 Å². The van der Waals surface area contributed by atoms with Gasteiger partial charge in [-0.3, -0.25) is 9.59 Å². The molecule has 7 nitrogen and oxygen atoms in total. The molecule has 0 radical (unpaired) electrons. The lowest BCUT2D eigenvalue weighted by Gasteiger charge is -2.35. The molecular formula is C43H46N4O3. The SMILES string of the molecule is CC1CN(C(=O)c2ccc(NCc3ccccc3)cc2)CC(C)O1.O=C(c1ccc(NCc2ccccc2)cc1)N1CCc2ccccc2C1. The second-order valence-corrected chi connectivity index (χ2v) is 13.0. The third-order valence-electron chi connectivity index (χ3n) is 9.07. The van der Waals surface area contributed by atoms with Crippen molar-refractivity contribution in [1.82, 2.24) is 9.80 Å². The fraction of sp³-hybridized carbons (Fsp3) is 0.256. The van der Waals surface area contributed by atoms with Gasteiger partial charge in [0, 0.05) is 61.8 Å². The number of carbonyl (C=O) groups is 2. The van der Waals surface area contributed by atoms with Crippen molar-refractivity contribution in [2.45, 2.75) is 52.1 Å². The summed E-state index contributed by atoms with van der Waals surface area (Å²) in [7, 11) is 0. The average molecular weight is 667 g/mol. The van der Waals surface area contributed by atoms with E-state index in [0.29, 0.717) is 19.6 Å². The van der Waals surface area contributed by atoms with E-state index >= 15 is 0 Å². The Morgan fingerprint density at radius 3 is 1.52 bits per heavy atom. The monoisotopic (exact) mass is 666 g/mol. The zero-order valence-electron chi connectivity index (χ0n) is 28.9. The van der Waals surface area contributed by atoms with Gasteiger partial charge in [0.15, 0.2) is 0 Å². The predicted molar refractivity (Wildman–Crippen MR) is 201 cm³/mol. The highest BCUT2D eigenvalue weighted by atomic mass is 16.5. The molecule has 5 aromatic rings. The number of fused-ring (bicyclic) bond motifs is 1. The number of amides is 2. The van der Waals surface area contributed by atoms with Gasteiger partial charge in [-0.25, -0.2) is 0 Å². The molecule has 256 valence electrons. The molecule has 0 spiro atoms. The van der Waals surface area contributed by atoms with Gasteiger partial charge in [-0.2, -0.15) is 0 Å². The summed E-state index contributed by atoms with van der Waals surface area (Å²) in [6.45, 7) is 8.34. The van der Waals surface area contributed by atoms with Gasteiger partial charge in [0.25, 0.3) is 11.8 Å². The van der Waals surface area contributed by atoms with Gasteiger partial charge in [0.1, 0.15) is 0 Å². The molecule has 1 saturated heterocycles. The molecule has 2 N–H and O–H groups in total. The molecule has 2 amide bonds. The largest absolute Gasteiger partial charge is 0.381 e. The van der Waals surface area contributed by atoms with Crippen LogP contribution in [0.2, 0.25) is 0 Å². The van der Waals surface area contributed by atoms with Crippen molar-refractivity contribution in [2.24, 2.45) is 0 Å². The summed E-state index contributed by atoms with van der Waals surface area (Å²) in [6.07, 6.45) is 1.10. The van der Waals surface area contributed by atoms with E-state index in [-0.39, 0.29) is 24.0 Å². The first-order valence-electron chi connectivity index (χ1n) is 17.5. The number of ether oxygens (including phenoxy) is 1. The molecule has 2 aliphatic heterocycles. The molecule has 1 fully saturated rings. The Kier molecular flexibility index (Phi) is 11.6. The number of nitrogens with one attached hydrogen (secondary N) is 2. The molecule has 7 heteroatoms. The van der Waals surface area contributed by atoms with Crippen molar-refractivity contribution in [3.05, 3.63) is 167 Å². The minimum absolute atomic E-state index is 0.0756. The van der Waals surface area contributed by atoms with E-state index in [9.17, 15) is 9.59 Å². The number of carbonyl (C=O) groups excluding carboxylic acids is 2. The summed E-state index contributed by atoms with van der Waals surface area (Å²) in [5, 5.41) is 6.77. The normalized spacial score (nSPS) is 16.8. The third-order valence-corrected chi connectivity index (χ3v) is 9.07. The first-order valence-corrected chi connectivity index (χ1v) is 17.5. The number of benzene rings is 5. The Balaban J connectivity index is 0.000000174. The van der Waals surface area contributed by atoms with Crippen LogP contribution in [-0.2, 0) is 30.8 Å². The van der Waals surface area contributed by atoms with Crippen LogP contribution in [0.5, 0.6) is 0 Å². The first-order chi connectivity index (χ1) is 24.4. The van der Waals surface area contributed by atoms with Crippen LogP contribution in [0.1, 0.15) is 56.8 Å². The molecule has 0 aliphatic carbocycles. The second-order valence-electron chi connectivity index (χ2n) is 13.0. The van der Waals surface area contributed by atoms with Gasteiger partial charge in [0.05, 0.1) is 12.2 Å². The molecule has 2 atom stereocenters. The number of morpholine rings is 1. The Morgan fingerprint density at radius 2 is 1.02 bits per heavy atom. The van der Waals surface area contributed by atoms with Crippen LogP contribution in [-0.4, -0.2) is 53.5 Å². The highest BCUT2D eigenvalue weighted by molar-refractivity contribution is 5.95. The average Bonchev–Trinajstić information content (AvgIpc) is 3.16. The lowest BCUT2D eigenvalue weighted by Crippen LogP contribution is -2.48. The number of hydrogen-bond donors (Lipinski definition) is 2. The van der Waals surface area contributed by atoms with Gasteiger partial charge in [0.2, 0.25) is 0 Å². The summed E-state index contributed by atoms with van der Waals surface area (Å²) in [4.78, 5) is 29.3. The Morgan fingerprint density at radius 1 is 0.580 bits per heavy atom. The zero-order valence-corrected chi connectivity index (χ0v) is 28.9. The van der Waals surface area contributed by atoms with Crippen LogP contribution in [0.4, 0.5) is 11.4 Å². The Labute approximate surface area is 295 Å². The highest BCUT2D eigenvalue weighted by Gasteiger charge is 2.26. The Hall–Kier alpha value is -5.40. The lowest BCUT2D eigenvalue weighted by molar-refractivity contribution is -0.0586. The first kappa shape index (κ1) is 34.5. The number of rotatable bonds is 8. The van der Waals surface area contributed by atoms with Crippen LogP contribution in [0, 0.1) is 0 Å². The van der Waals surface area contributed by atoms with Gasteiger partial charge < -0.3 is 25.2 Å². The van der Waals surface area contributed by atoms with E-state index < -0.39 is 0 Å². The highest BCUT2D eigenvalue weighted by Crippen LogP contribution is 2.21. The summed E-state index contributed by atoms with van der Waals surface area (Å²) < 4.78 is 5.69. The molecule has 2 heterocycles. The lowest BCUT2D eigenvalue weighted by atomic mass is 9.99. The van der Waals surface area contributed by atoms with Crippen molar-refractivity contribution >= 4 is 23.2 Å². The van der Waals surface area contributed by atoms with Crippen molar-refractivity contribution in [3.8, 4) is 0 Å². The maximum atomic E-state index is 12.8. The van der Waals surface area contributed by atoms with Gasteiger partial charge >= 0.3 is 0 Å². The van der Waals surface area contributed by atoms with Gasteiger partial charge in [-0.15, -0.1) is 0 Å². The quantitative estimate of drug-likeness (QED) is 0.175. The summed E-state index contributed by atoms with van der Waals surface area (Å²) >= 11 is 0. The molecule has 2 aliphatic rings. The fourth-order valence-electron chi connectivity index (χ4n) is 6.44. The number of hydrogen-bond acceptors (Lipinski definition) is 5. The Bertz CT molecular complexity index is 1820. The molecule has 50 heavy (non-hydrogen) atoms. The van der Waals surface area contributed by atoms with E-state index in [1.165, 1.54) is 22.3 Å². The smallest absolute Gasteiger partial charge is 0.254 e. The fourth-order valence-corrected chi connectivity index (χ4v) is 6.44. The van der Waals surface area contributed by atoms with Gasteiger partial charge in [-0.1, -0.05) is 84.9 Å². The van der Waals surface area contributed by atoms with Crippen molar-refractivity contribution in [2.75, 3.05) is 30.3 Å². The van der Waals surface area contributed by atoms with E-state index in [2.05, 4.69) is 53.1 Å². The van der Waals surface area contributed by atoms with E-state index in [4.69, 9.17) is 4.74 Å². The summed E-state index contributed by atoms with van der Waals surface area (Å²) in [5.41, 5.74) is 8.59.